The summed E-state index contributed by atoms with van der Waals surface area (Å²) in [7, 11) is 0. The molecule has 0 aliphatic heterocycles. The van der Waals surface area contributed by atoms with E-state index in [-0.39, 0.29) is 24.5 Å². The first kappa shape index (κ1) is 32.8. The third-order valence-electron chi connectivity index (χ3n) is 6.62. The van der Waals surface area contributed by atoms with Crippen LogP contribution < -0.4 is 27.0 Å². The largest absolute Gasteiger partial charge is 0.508 e. The SMILES string of the molecule is CC[C@H](C)[C@H](NC(=O)[C@H](Cc1ccccc1)NC(=O)CNC(=O)[C@@H](C)NC(=O)[C@@H](N)Cc1ccc(O)cc1)C(=O)O. The summed E-state index contributed by atoms with van der Waals surface area (Å²) in [5.41, 5.74) is 7.41. The van der Waals surface area contributed by atoms with E-state index in [9.17, 15) is 34.2 Å². The van der Waals surface area contributed by atoms with Gasteiger partial charge in [0.05, 0.1) is 12.6 Å². The van der Waals surface area contributed by atoms with Gasteiger partial charge in [-0.1, -0.05) is 62.7 Å². The number of carboxylic acid groups (broad SMARTS) is 1. The molecule has 0 fully saturated rings. The number of aliphatic carboxylic acids is 1. The van der Waals surface area contributed by atoms with Crippen molar-refractivity contribution in [2.45, 2.75) is 64.2 Å². The maximum Gasteiger partial charge on any atom is 0.326 e. The zero-order chi connectivity index (χ0) is 30.5. The number of hydrogen-bond donors (Lipinski definition) is 7. The lowest BCUT2D eigenvalue weighted by Crippen LogP contribution is -2.56. The normalized spacial score (nSPS) is 14.4. The van der Waals surface area contributed by atoms with E-state index < -0.39 is 60.3 Å². The smallest absolute Gasteiger partial charge is 0.326 e. The third-order valence-corrected chi connectivity index (χ3v) is 6.62. The van der Waals surface area contributed by atoms with Crippen LogP contribution in [0.25, 0.3) is 0 Å². The molecule has 0 saturated heterocycles. The molecule has 0 heterocycles. The quantitative estimate of drug-likeness (QED) is 0.158. The lowest BCUT2D eigenvalue weighted by Gasteiger charge is -2.24. The van der Waals surface area contributed by atoms with Gasteiger partial charge in [0.15, 0.2) is 0 Å². The Morgan fingerprint density at radius 3 is 2.00 bits per heavy atom. The van der Waals surface area contributed by atoms with E-state index in [0.717, 1.165) is 11.1 Å². The topological polar surface area (TPSA) is 200 Å². The van der Waals surface area contributed by atoms with Crippen LogP contribution in [-0.2, 0) is 36.8 Å². The highest BCUT2D eigenvalue weighted by molar-refractivity contribution is 5.94. The van der Waals surface area contributed by atoms with Crippen LogP contribution >= 0.6 is 0 Å². The summed E-state index contributed by atoms with van der Waals surface area (Å²) < 4.78 is 0. The second-order valence-corrected chi connectivity index (χ2v) is 9.94. The Morgan fingerprint density at radius 1 is 0.805 bits per heavy atom. The van der Waals surface area contributed by atoms with Crippen molar-refractivity contribution in [2.75, 3.05) is 6.54 Å². The van der Waals surface area contributed by atoms with E-state index in [1.54, 1.807) is 49.4 Å². The molecule has 41 heavy (non-hydrogen) atoms. The minimum atomic E-state index is -1.18. The molecule has 2 aromatic carbocycles. The molecule has 0 spiro atoms. The Labute approximate surface area is 239 Å². The van der Waals surface area contributed by atoms with E-state index in [0.29, 0.717) is 6.42 Å². The summed E-state index contributed by atoms with van der Waals surface area (Å²) in [6.45, 7) is 4.47. The molecule has 0 aliphatic rings. The predicted octanol–water partition coefficient (Wildman–Crippen LogP) is 0.226. The zero-order valence-corrected chi connectivity index (χ0v) is 23.4. The molecule has 222 valence electrons. The highest BCUT2D eigenvalue weighted by Crippen LogP contribution is 2.11. The molecule has 0 saturated carbocycles. The molecule has 8 N–H and O–H groups in total. The van der Waals surface area contributed by atoms with Gasteiger partial charge in [0, 0.05) is 6.42 Å². The Kier molecular flexibility index (Phi) is 12.8. The van der Waals surface area contributed by atoms with E-state index in [1.807, 2.05) is 6.92 Å². The number of carboxylic acids is 1. The van der Waals surface area contributed by atoms with Crippen molar-refractivity contribution in [3.63, 3.8) is 0 Å². The van der Waals surface area contributed by atoms with Gasteiger partial charge >= 0.3 is 5.97 Å². The number of phenolic OH excluding ortho intramolecular Hbond substituents is 1. The van der Waals surface area contributed by atoms with Gasteiger partial charge in [-0.2, -0.15) is 0 Å². The highest BCUT2D eigenvalue weighted by Gasteiger charge is 2.30. The van der Waals surface area contributed by atoms with Gasteiger partial charge in [-0.3, -0.25) is 19.2 Å². The molecule has 12 nitrogen and oxygen atoms in total. The number of phenols is 1. The number of aromatic hydroxyl groups is 1. The molecule has 12 heteroatoms. The van der Waals surface area contributed by atoms with Crippen LogP contribution in [0.3, 0.4) is 0 Å². The van der Waals surface area contributed by atoms with Gasteiger partial charge in [0.25, 0.3) is 0 Å². The van der Waals surface area contributed by atoms with Gasteiger partial charge in [-0.25, -0.2) is 4.79 Å². The summed E-state index contributed by atoms with van der Waals surface area (Å²) in [4.78, 5) is 62.4. The molecular weight excluding hydrogens is 530 g/mol. The number of carbonyl (C=O) groups excluding carboxylic acids is 4. The number of hydrogen-bond acceptors (Lipinski definition) is 7. The number of rotatable bonds is 15. The van der Waals surface area contributed by atoms with E-state index in [1.165, 1.54) is 19.1 Å². The van der Waals surface area contributed by atoms with Crippen molar-refractivity contribution in [1.29, 1.82) is 0 Å². The predicted molar refractivity (Wildman–Crippen MR) is 151 cm³/mol. The van der Waals surface area contributed by atoms with E-state index >= 15 is 0 Å². The molecular formula is C29H39N5O7. The molecule has 0 unspecified atom stereocenters. The van der Waals surface area contributed by atoms with Crippen LogP contribution in [0.4, 0.5) is 0 Å². The first-order valence-corrected chi connectivity index (χ1v) is 13.4. The second-order valence-electron chi connectivity index (χ2n) is 9.94. The summed E-state index contributed by atoms with van der Waals surface area (Å²) >= 11 is 0. The lowest BCUT2D eigenvalue weighted by atomic mass is 9.98. The highest BCUT2D eigenvalue weighted by atomic mass is 16.4. The van der Waals surface area contributed by atoms with E-state index in [2.05, 4.69) is 21.3 Å². The average Bonchev–Trinajstić information content (AvgIpc) is 2.95. The van der Waals surface area contributed by atoms with Crippen molar-refractivity contribution in [1.82, 2.24) is 21.3 Å². The molecule has 0 aromatic heterocycles. The summed E-state index contributed by atoms with van der Waals surface area (Å²) in [5, 5.41) is 28.9. The van der Waals surface area contributed by atoms with Gasteiger partial charge in [0.1, 0.15) is 23.9 Å². The summed E-state index contributed by atoms with van der Waals surface area (Å²) in [6.07, 6.45) is 0.813. The van der Waals surface area contributed by atoms with Crippen molar-refractivity contribution < 1.29 is 34.2 Å². The van der Waals surface area contributed by atoms with Crippen molar-refractivity contribution >= 4 is 29.6 Å². The first-order valence-electron chi connectivity index (χ1n) is 13.4. The van der Waals surface area contributed by atoms with Gasteiger partial charge in [-0.05, 0) is 42.5 Å². The number of nitrogens with one attached hydrogen (secondary N) is 4. The minimum Gasteiger partial charge on any atom is -0.508 e. The average molecular weight is 570 g/mol. The summed E-state index contributed by atoms with van der Waals surface area (Å²) in [6, 6.07) is 10.9. The standard InChI is InChI=1S/C29H39N5O7/c1-4-17(2)25(29(40)41)34-28(39)23(15-19-8-6-5-7-9-19)33-24(36)16-31-26(37)18(3)32-27(38)22(30)14-20-10-12-21(35)13-11-20/h5-13,17-18,22-23,25,35H,4,14-16,30H2,1-3H3,(H,31,37)(H,32,38)(H,33,36)(H,34,39)(H,40,41)/t17-,18+,22-,23-,25-/m0/s1. The van der Waals surface area contributed by atoms with Crippen LogP contribution in [0, 0.1) is 5.92 Å². The van der Waals surface area contributed by atoms with Crippen LogP contribution in [0.1, 0.15) is 38.3 Å². The fraction of sp³-hybridized carbons (Fsp3) is 0.414. The van der Waals surface area contributed by atoms with Crippen molar-refractivity contribution in [2.24, 2.45) is 11.7 Å². The molecule has 0 radical (unpaired) electrons. The van der Waals surface area contributed by atoms with Crippen molar-refractivity contribution in [3.05, 3.63) is 65.7 Å². The van der Waals surface area contributed by atoms with Gasteiger partial charge in [-0.15, -0.1) is 0 Å². The van der Waals surface area contributed by atoms with Crippen LogP contribution in [0.2, 0.25) is 0 Å². The van der Waals surface area contributed by atoms with Crippen molar-refractivity contribution in [3.8, 4) is 5.75 Å². The fourth-order valence-corrected chi connectivity index (χ4v) is 3.93. The Balaban J connectivity index is 1.95. The Hall–Kier alpha value is -4.45. The van der Waals surface area contributed by atoms with Crippen LogP contribution in [-0.4, -0.2) is 70.5 Å². The third kappa shape index (κ3) is 10.9. The molecule has 4 amide bonds. The van der Waals surface area contributed by atoms with Crippen LogP contribution in [0.5, 0.6) is 5.75 Å². The number of amides is 4. The molecule has 5 atom stereocenters. The lowest BCUT2D eigenvalue weighted by molar-refractivity contribution is -0.143. The zero-order valence-electron chi connectivity index (χ0n) is 23.4. The maximum absolute atomic E-state index is 13.0. The number of carbonyl (C=O) groups is 5. The van der Waals surface area contributed by atoms with Gasteiger partial charge < -0.3 is 37.2 Å². The fourth-order valence-electron chi connectivity index (χ4n) is 3.93. The number of nitrogens with two attached hydrogens (primary N) is 1. The summed E-state index contributed by atoms with van der Waals surface area (Å²) in [5.74, 6) is -3.98. The minimum absolute atomic E-state index is 0.0867. The molecule has 2 rings (SSSR count). The van der Waals surface area contributed by atoms with E-state index in [4.69, 9.17) is 5.73 Å². The first-order chi connectivity index (χ1) is 19.4. The molecule has 0 aliphatic carbocycles. The Morgan fingerprint density at radius 2 is 1.41 bits per heavy atom. The molecule has 0 bridgehead atoms. The Bertz CT molecular complexity index is 1190. The van der Waals surface area contributed by atoms with Gasteiger partial charge in [0.2, 0.25) is 23.6 Å². The monoisotopic (exact) mass is 569 g/mol. The maximum atomic E-state index is 13.0. The van der Waals surface area contributed by atoms with Crippen LogP contribution in [0.15, 0.2) is 54.6 Å². The second kappa shape index (κ2) is 16.0. The molecule has 2 aromatic rings. The number of benzene rings is 2.